The molecule has 0 unspecified atom stereocenters. The Labute approximate surface area is 134 Å². The third-order valence-corrected chi connectivity index (χ3v) is 4.50. The van der Waals surface area contributed by atoms with Crippen LogP contribution in [-0.2, 0) is 4.79 Å². The average Bonchev–Trinajstić information content (AvgIpc) is 2.55. The Morgan fingerprint density at radius 3 is 2.27 bits per heavy atom. The molecule has 0 aromatic heterocycles. The fraction of sp³-hybridized carbons (Fsp3) is 0.632. The van der Waals surface area contributed by atoms with Gasteiger partial charge in [0.2, 0.25) is 0 Å². The maximum absolute atomic E-state index is 12.2. The molecule has 1 aromatic carbocycles. The summed E-state index contributed by atoms with van der Waals surface area (Å²) in [6.07, 6.45) is 8.18. The summed E-state index contributed by atoms with van der Waals surface area (Å²) >= 11 is 0. The monoisotopic (exact) mass is 304 g/mol. The number of hydrogen-bond donors (Lipinski definition) is 0. The van der Waals surface area contributed by atoms with E-state index in [4.69, 9.17) is 9.47 Å². The molecule has 1 saturated carbocycles. The molecule has 1 aromatic rings. The molecule has 0 heterocycles. The molecular weight excluding hydrogens is 276 g/mol. The van der Waals surface area contributed by atoms with E-state index in [0.29, 0.717) is 12.4 Å². The van der Waals surface area contributed by atoms with E-state index in [1.165, 1.54) is 32.1 Å². The molecule has 0 atom stereocenters. The van der Waals surface area contributed by atoms with Crippen LogP contribution in [-0.4, -0.2) is 12.6 Å². The lowest BCUT2D eigenvalue weighted by Gasteiger charge is -2.27. The quantitative estimate of drug-likeness (QED) is 0.526. The van der Waals surface area contributed by atoms with Gasteiger partial charge in [0.1, 0.15) is 11.5 Å². The molecule has 1 fully saturated rings. The molecule has 1 aliphatic carbocycles. The number of rotatable bonds is 7. The van der Waals surface area contributed by atoms with Gasteiger partial charge in [-0.2, -0.15) is 0 Å². The van der Waals surface area contributed by atoms with Gasteiger partial charge in [0.05, 0.1) is 12.5 Å². The van der Waals surface area contributed by atoms with E-state index in [1.54, 1.807) is 12.1 Å². The lowest BCUT2D eigenvalue weighted by atomic mass is 9.80. The molecule has 22 heavy (non-hydrogen) atoms. The number of carbonyl (C=O) groups excluding carboxylic acids is 1. The van der Waals surface area contributed by atoms with Crippen LogP contribution < -0.4 is 9.47 Å². The molecule has 0 aliphatic heterocycles. The summed E-state index contributed by atoms with van der Waals surface area (Å²) < 4.78 is 10.9. The first-order valence-corrected chi connectivity index (χ1v) is 8.67. The Balaban J connectivity index is 1.78. The number of esters is 1. The van der Waals surface area contributed by atoms with Crippen molar-refractivity contribution in [2.24, 2.45) is 11.8 Å². The Morgan fingerprint density at radius 1 is 1.05 bits per heavy atom. The number of unbranched alkanes of at least 4 members (excludes halogenated alkanes) is 1. The first-order chi connectivity index (χ1) is 10.7. The fourth-order valence-electron chi connectivity index (χ4n) is 3.15. The minimum atomic E-state index is -0.0712. The van der Waals surface area contributed by atoms with Gasteiger partial charge in [-0.3, -0.25) is 4.79 Å². The highest BCUT2D eigenvalue weighted by Gasteiger charge is 2.27. The smallest absolute Gasteiger partial charge is 0.314 e. The largest absolute Gasteiger partial charge is 0.494 e. The predicted molar refractivity (Wildman–Crippen MR) is 88.2 cm³/mol. The Kier molecular flexibility index (Phi) is 6.75. The van der Waals surface area contributed by atoms with Crippen molar-refractivity contribution in [1.82, 2.24) is 0 Å². The summed E-state index contributed by atoms with van der Waals surface area (Å²) in [5.74, 6) is 2.23. The summed E-state index contributed by atoms with van der Waals surface area (Å²) in [5, 5.41) is 0. The maximum atomic E-state index is 12.2. The van der Waals surface area contributed by atoms with E-state index in [1.807, 2.05) is 19.1 Å². The molecule has 1 aliphatic rings. The van der Waals surface area contributed by atoms with Crippen molar-refractivity contribution in [3.05, 3.63) is 24.3 Å². The number of carbonyl (C=O) groups is 1. The zero-order valence-corrected chi connectivity index (χ0v) is 13.8. The SMILES string of the molecule is CCCC[C@H]1CC[C@H](C(=O)Oc2ccc(OCC)cc2)CC1. The third kappa shape index (κ3) is 5.04. The Bertz CT molecular complexity index is 444. The van der Waals surface area contributed by atoms with E-state index >= 15 is 0 Å². The van der Waals surface area contributed by atoms with Crippen LogP contribution in [0.5, 0.6) is 11.5 Å². The molecule has 3 nitrogen and oxygen atoms in total. The highest BCUT2D eigenvalue weighted by atomic mass is 16.5. The highest BCUT2D eigenvalue weighted by Crippen LogP contribution is 2.33. The molecule has 0 spiro atoms. The van der Waals surface area contributed by atoms with Crippen LogP contribution in [0.3, 0.4) is 0 Å². The highest BCUT2D eigenvalue weighted by molar-refractivity contribution is 5.75. The van der Waals surface area contributed by atoms with E-state index in [2.05, 4.69) is 6.92 Å². The molecule has 0 saturated heterocycles. The fourth-order valence-corrected chi connectivity index (χ4v) is 3.15. The zero-order chi connectivity index (χ0) is 15.8. The van der Waals surface area contributed by atoms with E-state index < -0.39 is 0 Å². The first-order valence-electron chi connectivity index (χ1n) is 8.67. The second kappa shape index (κ2) is 8.82. The van der Waals surface area contributed by atoms with Gasteiger partial charge in [-0.05, 0) is 62.8 Å². The van der Waals surface area contributed by atoms with Gasteiger partial charge >= 0.3 is 5.97 Å². The predicted octanol–water partition coefficient (Wildman–Crippen LogP) is 4.99. The van der Waals surface area contributed by atoms with Crippen LogP contribution in [0.2, 0.25) is 0 Å². The lowest BCUT2D eigenvalue weighted by Crippen LogP contribution is -2.25. The number of ether oxygens (including phenoxy) is 2. The van der Waals surface area contributed by atoms with Crippen LogP contribution in [0.1, 0.15) is 58.8 Å². The van der Waals surface area contributed by atoms with Crippen LogP contribution in [0.15, 0.2) is 24.3 Å². The van der Waals surface area contributed by atoms with Crippen LogP contribution in [0.25, 0.3) is 0 Å². The van der Waals surface area contributed by atoms with Gasteiger partial charge in [-0.1, -0.05) is 26.2 Å². The molecular formula is C19H28O3. The second-order valence-electron chi connectivity index (χ2n) is 6.19. The maximum Gasteiger partial charge on any atom is 0.314 e. The summed E-state index contributed by atoms with van der Waals surface area (Å²) in [5.41, 5.74) is 0. The van der Waals surface area contributed by atoms with Crippen molar-refractivity contribution in [3.63, 3.8) is 0 Å². The summed E-state index contributed by atoms with van der Waals surface area (Å²) in [4.78, 5) is 12.2. The standard InChI is InChI=1S/C19H28O3/c1-3-5-6-15-7-9-16(10-8-15)19(20)22-18-13-11-17(12-14-18)21-4-2/h11-16H,3-10H2,1-2H3/t15-,16-. The lowest BCUT2D eigenvalue weighted by molar-refractivity contribution is -0.140. The Hall–Kier alpha value is -1.51. The Morgan fingerprint density at radius 2 is 1.68 bits per heavy atom. The van der Waals surface area contributed by atoms with Crippen molar-refractivity contribution in [2.75, 3.05) is 6.61 Å². The molecule has 2 rings (SSSR count). The number of hydrogen-bond acceptors (Lipinski definition) is 3. The van der Waals surface area contributed by atoms with Gasteiger partial charge < -0.3 is 9.47 Å². The second-order valence-corrected chi connectivity index (χ2v) is 6.19. The van der Waals surface area contributed by atoms with Crippen LogP contribution in [0, 0.1) is 11.8 Å². The third-order valence-electron chi connectivity index (χ3n) is 4.50. The van der Waals surface area contributed by atoms with Crippen LogP contribution in [0.4, 0.5) is 0 Å². The molecule has 122 valence electrons. The topological polar surface area (TPSA) is 35.5 Å². The normalized spacial score (nSPS) is 21.4. The van der Waals surface area contributed by atoms with E-state index in [0.717, 1.165) is 24.5 Å². The van der Waals surface area contributed by atoms with Gasteiger partial charge in [-0.15, -0.1) is 0 Å². The first kappa shape index (κ1) is 16.9. The van der Waals surface area contributed by atoms with Crippen molar-refractivity contribution in [2.45, 2.75) is 58.8 Å². The minimum Gasteiger partial charge on any atom is -0.494 e. The van der Waals surface area contributed by atoms with Gasteiger partial charge in [-0.25, -0.2) is 0 Å². The van der Waals surface area contributed by atoms with Crippen molar-refractivity contribution in [1.29, 1.82) is 0 Å². The molecule has 0 amide bonds. The summed E-state index contributed by atoms with van der Waals surface area (Å²) in [6.45, 7) is 4.82. The van der Waals surface area contributed by atoms with Crippen LogP contribution >= 0.6 is 0 Å². The summed E-state index contributed by atoms with van der Waals surface area (Å²) in [6, 6.07) is 7.28. The number of benzene rings is 1. The minimum absolute atomic E-state index is 0.0712. The molecule has 0 radical (unpaired) electrons. The average molecular weight is 304 g/mol. The van der Waals surface area contributed by atoms with Crippen molar-refractivity contribution in [3.8, 4) is 11.5 Å². The van der Waals surface area contributed by atoms with E-state index in [9.17, 15) is 4.79 Å². The van der Waals surface area contributed by atoms with Crippen molar-refractivity contribution >= 4 is 5.97 Å². The zero-order valence-electron chi connectivity index (χ0n) is 13.8. The van der Waals surface area contributed by atoms with Crippen molar-refractivity contribution < 1.29 is 14.3 Å². The molecule has 0 bridgehead atoms. The van der Waals surface area contributed by atoms with Gasteiger partial charge in [0.25, 0.3) is 0 Å². The molecule has 3 heteroatoms. The summed E-state index contributed by atoms with van der Waals surface area (Å²) in [7, 11) is 0. The molecule has 0 N–H and O–H groups in total. The van der Waals surface area contributed by atoms with Gasteiger partial charge in [0.15, 0.2) is 0 Å². The van der Waals surface area contributed by atoms with E-state index in [-0.39, 0.29) is 11.9 Å². The van der Waals surface area contributed by atoms with Gasteiger partial charge in [0, 0.05) is 0 Å².